The van der Waals surface area contributed by atoms with E-state index in [1.807, 2.05) is 12.1 Å². The topological polar surface area (TPSA) is 0 Å². The fourth-order valence-electron chi connectivity index (χ4n) is 2.31. The number of rotatable bonds is 4. The lowest BCUT2D eigenvalue weighted by atomic mass is 10.0. The minimum atomic E-state index is 1.21. The Morgan fingerprint density at radius 2 is 0.727 bits per heavy atom. The van der Waals surface area contributed by atoms with Gasteiger partial charge in [-0.15, -0.1) is 0 Å². The minimum absolute atomic E-state index is 1.21. The highest BCUT2D eigenvalue weighted by atomic mass is 14.0. The van der Waals surface area contributed by atoms with Crippen LogP contribution in [0, 0.1) is 0 Å². The van der Waals surface area contributed by atoms with E-state index >= 15 is 0 Å². The van der Waals surface area contributed by atoms with Crippen LogP contribution in [0.2, 0.25) is 0 Å². The van der Waals surface area contributed by atoms with Gasteiger partial charge in [-0.25, -0.2) is 0 Å². The SMILES string of the molecule is C(=Cc1ccccc1/C=C/c1ccccc1)c1ccccc1. The Bertz CT molecular complexity index is 697. The van der Waals surface area contributed by atoms with Crippen LogP contribution in [0.1, 0.15) is 22.3 Å². The molecule has 0 heterocycles. The van der Waals surface area contributed by atoms with Crippen molar-refractivity contribution >= 4 is 24.3 Å². The van der Waals surface area contributed by atoms with Gasteiger partial charge < -0.3 is 0 Å². The Labute approximate surface area is 132 Å². The molecular formula is C22H18. The quantitative estimate of drug-likeness (QED) is 0.513. The van der Waals surface area contributed by atoms with Crippen LogP contribution >= 0.6 is 0 Å². The molecule has 0 heteroatoms. The molecule has 0 bridgehead atoms. The second-order valence-electron chi connectivity index (χ2n) is 5.12. The minimum Gasteiger partial charge on any atom is -0.0622 e. The second-order valence-corrected chi connectivity index (χ2v) is 5.12. The third-order valence-electron chi connectivity index (χ3n) is 3.51. The normalized spacial score (nSPS) is 11.3. The van der Waals surface area contributed by atoms with Gasteiger partial charge in [0.05, 0.1) is 0 Å². The van der Waals surface area contributed by atoms with Crippen molar-refractivity contribution in [1.82, 2.24) is 0 Å². The number of hydrogen-bond acceptors (Lipinski definition) is 0. The summed E-state index contributed by atoms with van der Waals surface area (Å²) >= 11 is 0. The highest BCUT2D eigenvalue weighted by Gasteiger charge is 1.94. The van der Waals surface area contributed by atoms with E-state index in [0.717, 1.165) is 0 Å². The molecule has 0 nitrogen and oxygen atoms in total. The third kappa shape index (κ3) is 3.83. The van der Waals surface area contributed by atoms with Crippen LogP contribution in [0.3, 0.4) is 0 Å². The maximum atomic E-state index is 2.17. The second kappa shape index (κ2) is 7.24. The molecule has 22 heavy (non-hydrogen) atoms. The summed E-state index contributed by atoms with van der Waals surface area (Å²) in [6, 6.07) is 29.2. The van der Waals surface area contributed by atoms with Gasteiger partial charge in [-0.2, -0.15) is 0 Å². The lowest BCUT2D eigenvalue weighted by Gasteiger charge is -2.01. The van der Waals surface area contributed by atoms with Crippen LogP contribution in [0.4, 0.5) is 0 Å². The first-order valence-corrected chi connectivity index (χ1v) is 7.47. The summed E-state index contributed by atoms with van der Waals surface area (Å²) in [5.74, 6) is 0. The Kier molecular flexibility index (Phi) is 4.63. The Hall–Kier alpha value is -2.86. The highest BCUT2D eigenvalue weighted by Crippen LogP contribution is 2.16. The summed E-state index contributed by atoms with van der Waals surface area (Å²) < 4.78 is 0. The molecule has 0 aromatic heterocycles. The first-order chi connectivity index (χ1) is 10.9. The highest BCUT2D eigenvalue weighted by molar-refractivity contribution is 5.79. The molecule has 0 saturated heterocycles. The molecule has 3 aromatic carbocycles. The van der Waals surface area contributed by atoms with Gasteiger partial charge in [-0.1, -0.05) is 109 Å². The molecular weight excluding hydrogens is 264 g/mol. The zero-order chi connectivity index (χ0) is 15.0. The van der Waals surface area contributed by atoms with Gasteiger partial charge in [0.25, 0.3) is 0 Å². The molecule has 0 amide bonds. The van der Waals surface area contributed by atoms with Crippen molar-refractivity contribution in [2.75, 3.05) is 0 Å². The third-order valence-corrected chi connectivity index (χ3v) is 3.51. The molecule has 0 radical (unpaired) electrons. The van der Waals surface area contributed by atoms with Crippen molar-refractivity contribution in [1.29, 1.82) is 0 Å². The van der Waals surface area contributed by atoms with Crippen molar-refractivity contribution in [3.8, 4) is 0 Å². The Morgan fingerprint density at radius 3 is 1.14 bits per heavy atom. The first kappa shape index (κ1) is 14.1. The van der Waals surface area contributed by atoms with Gasteiger partial charge in [0.15, 0.2) is 0 Å². The van der Waals surface area contributed by atoms with Crippen molar-refractivity contribution in [3.05, 3.63) is 107 Å². The van der Waals surface area contributed by atoms with E-state index in [9.17, 15) is 0 Å². The average Bonchev–Trinajstić information content (AvgIpc) is 2.61. The molecule has 0 saturated carbocycles. The van der Waals surface area contributed by atoms with Crippen molar-refractivity contribution in [2.45, 2.75) is 0 Å². The largest absolute Gasteiger partial charge is 0.0622 e. The van der Waals surface area contributed by atoms with E-state index in [0.29, 0.717) is 0 Å². The Morgan fingerprint density at radius 1 is 0.364 bits per heavy atom. The summed E-state index contributed by atoms with van der Waals surface area (Å²) in [7, 11) is 0. The van der Waals surface area contributed by atoms with Gasteiger partial charge in [-0.05, 0) is 22.3 Å². The monoisotopic (exact) mass is 282 g/mol. The van der Waals surface area contributed by atoms with Crippen LogP contribution in [0.25, 0.3) is 24.3 Å². The number of hydrogen-bond donors (Lipinski definition) is 0. The van der Waals surface area contributed by atoms with E-state index in [2.05, 4.69) is 97.1 Å². The lowest BCUT2D eigenvalue weighted by Crippen LogP contribution is -1.80. The zero-order valence-electron chi connectivity index (χ0n) is 12.4. The maximum absolute atomic E-state index is 2.17. The standard InChI is InChI=1S/C22H18/c1-3-9-19(10-4-1)15-17-21-13-7-8-14-22(21)18-16-20-11-5-2-6-12-20/h1-18H/b17-15+,18-16?. The molecule has 0 unspecified atom stereocenters. The van der Waals surface area contributed by atoms with Crippen LogP contribution in [0.5, 0.6) is 0 Å². The van der Waals surface area contributed by atoms with Crippen LogP contribution in [-0.2, 0) is 0 Å². The van der Waals surface area contributed by atoms with Crippen molar-refractivity contribution < 1.29 is 0 Å². The summed E-state index contributed by atoms with van der Waals surface area (Å²) in [5.41, 5.74) is 4.87. The fraction of sp³-hybridized carbons (Fsp3) is 0. The summed E-state index contributed by atoms with van der Waals surface area (Å²) in [5, 5.41) is 0. The van der Waals surface area contributed by atoms with E-state index in [1.54, 1.807) is 0 Å². The van der Waals surface area contributed by atoms with Gasteiger partial charge in [0, 0.05) is 0 Å². The number of benzene rings is 3. The van der Waals surface area contributed by atoms with Crippen LogP contribution in [0.15, 0.2) is 84.9 Å². The summed E-state index contributed by atoms with van der Waals surface area (Å²) in [6.07, 6.45) is 8.63. The molecule has 3 aromatic rings. The maximum Gasteiger partial charge on any atom is -0.0184 e. The van der Waals surface area contributed by atoms with Crippen LogP contribution in [-0.4, -0.2) is 0 Å². The first-order valence-electron chi connectivity index (χ1n) is 7.47. The summed E-state index contributed by atoms with van der Waals surface area (Å²) in [6.45, 7) is 0. The van der Waals surface area contributed by atoms with E-state index < -0.39 is 0 Å². The summed E-state index contributed by atoms with van der Waals surface area (Å²) in [4.78, 5) is 0. The molecule has 0 N–H and O–H groups in total. The average molecular weight is 282 g/mol. The van der Waals surface area contributed by atoms with Crippen molar-refractivity contribution in [3.63, 3.8) is 0 Å². The molecule has 0 spiro atoms. The smallest absolute Gasteiger partial charge is 0.0184 e. The fourth-order valence-corrected chi connectivity index (χ4v) is 2.31. The van der Waals surface area contributed by atoms with E-state index in [1.165, 1.54) is 22.3 Å². The molecule has 0 aliphatic rings. The molecule has 0 fully saturated rings. The zero-order valence-corrected chi connectivity index (χ0v) is 12.4. The van der Waals surface area contributed by atoms with Gasteiger partial charge in [0.1, 0.15) is 0 Å². The predicted octanol–water partition coefficient (Wildman–Crippen LogP) is 6.03. The van der Waals surface area contributed by atoms with E-state index in [4.69, 9.17) is 0 Å². The molecule has 0 atom stereocenters. The lowest BCUT2D eigenvalue weighted by molar-refractivity contribution is 1.61. The Balaban J connectivity index is 1.84. The molecule has 106 valence electrons. The van der Waals surface area contributed by atoms with Gasteiger partial charge in [0.2, 0.25) is 0 Å². The molecule has 0 aliphatic heterocycles. The molecule has 3 rings (SSSR count). The molecule has 0 aliphatic carbocycles. The van der Waals surface area contributed by atoms with E-state index in [-0.39, 0.29) is 0 Å². The van der Waals surface area contributed by atoms with Gasteiger partial charge >= 0.3 is 0 Å². The predicted molar refractivity (Wildman–Crippen MR) is 97.2 cm³/mol. The van der Waals surface area contributed by atoms with Crippen LogP contribution < -0.4 is 0 Å². The van der Waals surface area contributed by atoms with Crippen molar-refractivity contribution in [2.24, 2.45) is 0 Å². The van der Waals surface area contributed by atoms with Gasteiger partial charge in [-0.3, -0.25) is 0 Å².